The van der Waals surface area contributed by atoms with Crippen molar-refractivity contribution in [3.63, 3.8) is 0 Å². The summed E-state index contributed by atoms with van der Waals surface area (Å²) in [5.74, 6) is 0. The number of carbonyl (C=O) groups excluding carboxylic acids is 1. The van der Waals surface area contributed by atoms with Gasteiger partial charge in [0.25, 0.3) is 0 Å². The molecule has 0 fully saturated rings. The highest BCUT2D eigenvalue weighted by Crippen LogP contribution is 1.69. The minimum atomic E-state index is -0.471. The molecule has 3 heteroatoms. The average Bonchev–Trinajstić information content (AvgIpc) is 1.61. The fourth-order valence-corrected chi connectivity index (χ4v) is 0.189. The van der Waals surface area contributed by atoms with Crippen LogP contribution in [0.25, 0.3) is 0 Å². The summed E-state index contributed by atoms with van der Waals surface area (Å²) in [6.07, 6.45) is 0.968. The molecule has 3 nitrogen and oxygen atoms in total. The molecule has 0 bridgehead atoms. The summed E-state index contributed by atoms with van der Waals surface area (Å²) >= 11 is 0. The van der Waals surface area contributed by atoms with Crippen LogP contribution in [0, 0.1) is 0 Å². The van der Waals surface area contributed by atoms with Gasteiger partial charge >= 0.3 is 6.41 Å². The zero-order valence-corrected chi connectivity index (χ0v) is 4.14. The van der Waals surface area contributed by atoms with Crippen LogP contribution in [0.1, 0.15) is 6.92 Å². The van der Waals surface area contributed by atoms with Gasteiger partial charge in [-0.3, -0.25) is 4.79 Å². The number of nitrogens with one attached hydrogen (secondary N) is 1. The first-order valence-corrected chi connectivity index (χ1v) is 2.05. The molecule has 7 heavy (non-hydrogen) atoms. The molecule has 0 saturated heterocycles. The highest BCUT2D eigenvalue weighted by atomic mass is 16.3. The quantitative estimate of drug-likeness (QED) is 0.450. The molecule has 0 aliphatic rings. The maximum Gasteiger partial charge on any atom is 0.309 e. The molecule has 0 aromatic carbocycles. The van der Waals surface area contributed by atoms with Crippen molar-refractivity contribution in [1.29, 1.82) is 0 Å². The van der Waals surface area contributed by atoms with E-state index in [1.807, 2.05) is 0 Å². The summed E-state index contributed by atoms with van der Waals surface area (Å²) in [6.45, 7) is 1.87. The molecule has 1 atom stereocenters. The number of amides is 1. The van der Waals surface area contributed by atoms with Gasteiger partial charge in [-0.2, -0.15) is 0 Å². The Kier molecular flexibility index (Phi) is 3.32. The maximum atomic E-state index is 9.36. The number of hydrogen-bond acceptors (Lipinski definition) is 2. The Balaban J connectivity index is 2.81. The van der Waals surface area contributed by atoms with E-state index in [9.17, 15) is 4.79 Å². The van der Waals surface area contributed by atoms with Crippen LogP contribution in [-0.2, 0) is 4.79 Å². The van der Waals surface area contributed by atoms with Crippen LogP contribution in [-0.4, -0.2) is 24.2 Å². The summed E-state index contributed by atoms with van der Waals surface area (Å²) < 4.78 is 0. The summed E-state index contributed by atoms with van der Waals surface area (Å²) in [4.78, 5) is 9.36. The highest BCUT2D eigenvalue weighted by Gasteiger charge is 1.89. The van der Waals surface area contributed by atoms with Crippen LogP contribution in [0.4, 0.5) is 0 Å². The first-order valence-electron chi connectivity index (χ1n) is 2.05. The standard InChI is InChI=1S/C4H8NO2/c1-4(7)2-5-3-6/h4,7H,2H2,1H3,(H,5,6)/t4-/m0/s1. The van der Waals surface area contributed by atoms with Gasteiger partial charge in [-0.15, -0.1) is 0 Å². The van der Waals surface area contributed by atoms with Gasteiger partial charge in [0.1, 0.15) is 0 Å². The van der Waals surface area contributed by atoms with Crippen molar-refractivity contribution in [2.45, 2.75) is 13.0 Å². The SMILES string of the molecule is C[C@H](O)CN[C]=O. The van der Waals surface area contributed by atoms with Gasteiger partial charge in [0.05, 0.1) is 6.10 Å². The zero-order chi connectivity index (χ0) is 5.70. The van der Waals surface area contributed by atoms with E-state index < -0.39 is 6.10 Å². The monoisotopic (exact) mass is 102 g/mol. The Labute approximate surface area is 42.3 Å². The minimum absolute atomic E-state index is 0.281. The average molecular weight is 102 g/mol. The van der Waals surface area contributed by atoms with Crippen LogP contribution >= 0.6 is 0 Å². The van der Waals surface area contributed by atoms with E-state index in [1.165, 1.54) is 6.41 Å². The summed E-state index contributed by atoms with van der Waals surface area (Å²) in [6, 6.07) is 0. The van der Waals surface area contributed by atoms with Crippen LogP contribution < -0.4 is 5.32 Å². The molecule has 0 rings (SSSR count). The van der Waals surface area contributed by atoms with Gasteiger partial charge in [0.15, 0.2) is 0 Å². The Bertz CT molecular complexity index is 53.7. The second kappa shape index (κ2) is 3.61. The summed E-state index contributed by atoms with van der Waals surface area (Å²) in [5.41, 5.74) is 0. The predicted molar refractivity (Wildman–Crippen MR) is 25.4 cm³/mol. The van der Waals surface area contributed by atoms with E-state index in [0.717, 1.165) is 0 Å². The lowest BCUT2D eigenvalue weighted by molar-refractivity contribution is 0.197. The fraction of sp³-hybridized carbons (Fsp3) is 0.750. The van der Waals surface area contributed by atoms with Crippen LogP contribution in [0.5, 0.6) is 0 Å². The molecule has 0 unspecified atom stereocenters. The second-order valence-corrected chi connectivity index (χ2v) is 1.33. The Morgan fingerprint density at radius 2 is 2.57 bits per heavy atom. The molecule has 0 aromatic rings. The second-order valence-electron chi connectivity index (χ2n) is 1.33. The van der Waals surface area contributed by atoms with Gasteiger partial charge in [0.2, 0.25) is 0 Å². The first kappa shape index (κ1) is 6.43. The van der Waals surface area contributed by atoms with Crippen molar-refractivity contribution in [3.05, 3.63) is 0 Å². The Morgan fingerprint density at radius 1 is 2.00 bits per heavy atom. The molecule has 0 aliphatic carbocycles. The van der Waals surface area contributed by atoms with Crippen LogP contribution in [0.2, 0.25) is 0 Å². The Morgan fingerprint density at radius 3 is 2.71 bits per heavy atom. The van der Waals surface area contributed by atoms with E-state index >= 15 is 0 Å². The molecule has 0 saturated carbocycles. The molecule has 0 heterocycles. The third-order valence-corrected chi connectivity index (χ3v) is 0.470. The van der Waals surface area contributed by atoms with E-state index in [1.54, 1.807) is 6.92 Å². The fourth-order valence-electron chi connectivity index (χ4n) is 0.189. The number of aliphatic hydroxyl groups excluding tert-OH is 1. The number of rotatable bonds is 3. The van der Waals surface area contributed by atoms with Gasteiger partial charge in [0, 0.05) is 6.54 Å². The minimum Gasteiger partial charge on any atom is -0.392 e. The molecule has 0 aliphatic heterocycles. The third-order valence-electron chi connectivity index (χ3n) is 0.470. The molecular formula is C4H8NO2. The molecular weight excluding hydrogens is 94.0 g/mol. The summed E-state index contributed by atoms with van der Waals surface area (Å²) in [7, 11) is 0. The Hall–Kier alpha value is -0.570. The van der Waals surface area contributed by atoms with Crippen molar-refractivity contribution in [3.8, 4) is 0 Å². The predicted octanol–water partition coefficient (Wildman–Crippen LogP) is -0.976. The lowest BCUT2D eigenvalue weighted by atomic mass is 10.4. The summed E-state index contributed by atoms with van der Waals surface area (Å²) in [5, 5.41) is 10.6. The molecule has 1 amide bonds. The van der Waals surface area contributed by atoms with Gasteiger partial charge in [-0.05, 0) is 6.92 Å². The first-order chi connectivity index (χ1) is 3.27. The van der Waals surface area contributed by atoms with Gasteiger partial charge in [-0.25, -0.2) is 0 Å². The van der Waals surface area contributed by atoms with E-state index in [4.69, 9.17) is 5.11 Å². The number of hydrogen-bond donors (Lipinski definition) is 2. The largest absolute Gasteiger partial charge is 0.392 e. The highest BCUT2D eigenvalue weighted by molar-refractivity contribution is 5.46. The molecule has 0 spiro atoms. The lowest BCUT2D eigenvalue weighted by Crippen LogP contribution is -2.22. The van der Waals surface area contributed by atoms with Crippen LogP contribution in [0.15, 0.2) is 0 Å². The molecule has 0 aromatic heterocycles. The zero-order valence-electron chi connectivity index (χ0n) is 4.14. The van der Waals surface area contributed by atoms with Crippen LogP contribution in [0.3, 0.4) is 0 Å². The molecule has 1 radical (unpaired) electrons. The smallest absolute Gasteiger partial charge is 0.309 e. The number of aliphatic hydroxyl groups is 1. The lowest BCUT2D eigenvalue weighted by Gasteiger charge is -1.97. The van der Waals surface area contributed by atoms with Gasteiger partial charge in [-0.1, -0.05) is 0 Å². The molecule has 2 N–H and O–H groups in total. The topological polar surface area (TPSA) is 49.3 Å². The van der Waals surface area contributed by atoms with Gasteiger partial charge < -0.3 is 10.4 Å². The van der Waals surface area contributed by atoms with Crippen molar-refractivity contribution in [2.75, 3.05) is 6.54 Å². The van der Waals surface area contributed by atoms with Crippen molar-refractivity contribution in [1.82, 2.24) is 5.32 Å². The molecule has 41 valence electrons. The van der Waals surface area contributed by atoms with Crippen molar-refractivity contribution < 1.29 is 9.90 Å². The normalized spacial score (nSPS) is 12.9. The van der Waals surface area contributed by atoms with Crippen molar-refractivity contribution in [2.24, 2.45) is 0 Å². The van der Waals surface area contributed by atoms with E-state index in [2.05, 4.69) is 5.32 Å². The maximum absolute atomic E-state index is 9.36. The third kappa shape index (κ3) is 5.43. The van der Waals surface area contributed by atoms with E-state index in [-0.39, 0.29) is 6.54 Å². The van der Waals surface area contributed by atoms with Crippen molar-refractivity contribution >= 4 is 6.41 Å². The van der Waals surface area contributed by atoms with E-state index in [0.29, 0.717) is 0 Å².